The SMILES string of the molecule is CC(=O)OC1=CC(C(C)(C)C)CCC1. The lowest BCUT2D eigenvalue weighted by atomic mass is 9.75. The largest absolute Gasteiger partial charge is 0.432 e. The van der Waals surface area contributed by atoms with Gasteiger partial charge in [-0.1, -0.05) is 20.8 Å². The smallest absolute Gasteiger partial charge is 0.307 e. The summed E-state index contributed by atoms with van der Waals surface area (Å²) in [5, 5.41) is 0. The zero-order valence-electron chi connectivity index (χ0n) is 9.59. The third-order valence-corrected chi connectivity index (χ3v) is 2.71. The van der Waals surface area contributed by atoms with E-state index in [9.17, 15) is 4.79 Å². The van der Waals surface area contributed by atoms with Crippen molar-refractivity contribution in [3.8, 4) is 0 Å². The van der Waals surface area contributed by atoms with Crippen LogP contribution in [0.3, 0.4) is 0 Å². The Hall–Kier alpha value is -0.790. The van der Waals surface area contributed by atoms with Crippen LogP contribution in [-0.2, 0) is 9.53 Å². The molecular formula is C12H20O2. The summed E-state index contributed by atoms with van der Waals surface area (Å²) in [5.74, 6) is 1.19. The van der Waals surface area contributed by atoms with Crippen molar-refractivity contribution in [1.29, 1.82) is 0 Å². The number of rotatable bonds is 1. The molecule has 0 aromatic heterocycles. The molecule has 0 aromatic rings. The number of esters is 1. The van der Waals surface area contributed by atoms with Gasteiger partial charge in [-0.15, -0.1) is 0 Å². The zero-order chi connectivity index (χ0) is 10.8. The number of ether oxygens (including phenoxy) is 1. The molecular weight excluding hydrogens is 176 g/mol. The van der Waals surface area contributed by atoms with E-state index in [1.165, 1.54) is 13.3 Å². The van der Waals surface area contributed by atoms with Crippen molar-refractivity contribution in [2.45, 2.75) is 47.0 Å². The van der Waals surface area contributed by atoms with Gasteiger partial charge >= 0.3 is 5.97 Å². The van der Waals surface area contributed by atoms with Gasteiger partial charge in [0.25, 0.3) is 0 Å². The van der Waals surface area contributed by atoms with Crippen LogP contribution in [0.1, 0.15) is 47.0 Å². The van der Waals surface area contributed by atoms with Crippen molar-refractivity contribution >= 4 is 5.97 Å². The van der Waals surface area contributed by atoms with Crippen LogP contribution in [0, 0.1) is 11.3 Å². The van der Waals surface area contributed by atoms with Crippen molar-refractivity contribution in [2.24, 2.45) is 11.3 Å². The van der Waals surface area contributed by atoms with E-state index in [-0.39, 0.29) is 11.4 Å². The van der Waals surface area contributed by atoms with Crippen LogP contribution in [0.2, 0.25) is 0 Å². The molecule has 0 fully saturated rings. The highest BCUT2D eigenvalue weighted by Gasteiger charge is 2.26. The van der Waals surface area contributed by atoms with E-state index in [4.69, 9.17) is 4.74 Å². The predicted octanol–water partition coefficient (Wildman–Crippen LogP) is 3.28. The maximum absolute atomic E-state index is 10.8. The average Bonchev–Trinajstić information content (AvgIpc) is 2.01. The Labute approximate surface area is 86.3 Å². The maximum Gasteiger partial charge on any atom is 0.307 e. The van der Waals surface area contributed by atoms with Gasteiger partial charge in [-0.2, -0.15) is 0 Å². The third-order valence-electron chi connectivity index (χ3n) is 2.71. The Morgan fingerprint density at radius 1 is 1.50 bits per heavy atom. The zero-order valence-corrected chi connectivity index (χ0v) is 9.59. The molecule has 1 atom stereocenters. The van der Waals surface area contributed by atoms with E-state index >= 15 is 0 Å². The van der Waals surface area contributed by atoms with Gasteiger partial charge in [0.05, 0.1) is 0 Å². The van der Waals surface area contributed by atoms with E-state index in [0.29, 0.717) is 5.92 Å². The lowest BCUT2D eigenvalue weighted by Gasteiger charge is -2.31. The average molecular weight is 196 g/mol. The van der Waals surface area contributed by atoms with Gasteiger partial charge in [-0.25, -0.2) is 0 Å². The Morgan fingerprint density at radius 3 is 2.64 bits per heavy atom. The lowest BCUT2D eigenvalue weighted by Crippen LogP contribution is -2.22. The normalized spacial score (nSPS) is 22.9. The molecule has 0 N–H and O–H groups in total. The molecule has 14 heavy (non-hydrogen) atoms. The fourth-order valence-corrected chi connectivity index (χ4v) is 1.84. The van der Waals surface area contributed by atoms with Crippen molar-refractivity contribution < 1.29 is 9.53 Å². The van der Waals surface area contributed by atoms with Crippen LogP contribution in [0.15, 0.2) is 11.8 Å². The first kappa shape index (κ1) is 11.3. The minimum absolute atomic E-state index is 0.203. The summed E-state index contributed by atoms with van der Waals surface area (Å²) in [4.78, 5) is 10.8. The molecule has 0 spiro atoms. The van der Waals surface area contributed by atoms with Crippen LogP contribution in [0.4, 0.5) is 0 Å². The summed E-state index contributed by atoms with van der Waals surface area (Å²) in [6.07, 6.45) is 5.37. The standard InChI is InChI=1S/C12H20O2/c1-9(13)14-11-7-5-6-10(8-11)12(2,3)4/h8,10H,5-7H2,1-4H3. The summed E-state index contributed by atoms with van der Waals surface area (Å²) < 4.78 is 5.14. The van der Waals surface area contributed by atoms with Crippen molar-refractivity contribution in [1.82, 2.24) is 0 Å². The molecule has 1 rings (SSSR count). The summed E-state index contributed by atoms with van der Waals surface area (Å²) in [6.45, 7) is 8.14. The summed E-state index contributed by atoms with van der Waals surface area (Å²) in [7, 11) is 0. The van der Waals surface area contributed by atoms with E-state index in [2.05, 4.69) is 26.8 Å². The quantitative estimate of drug-likeness (QED) is 0.601. The minimum atomic E-state index is -0.203. The summed E-state index contributed by atoms with van der Waals surface area (Å²) in [6, 6.07) is 0. The first-order chi connectivity index (χ1) is 6.39. The van der Waals surface area contributed by atoms with Gasteiger partial charge < -0.3 is 4.74 Å². The Morgan fingerprint density at radius 2 is 2.14 bits per heavy atom. The molecule has 0 heterocycles. The van der Waals surface area contributed by atoms with Gasteiger partial charge in [0.15, 0.2) is 0 Å². The number of hydrogen-bond acceptors (Lipinski definition) is 2. The van der Waals surface area contributed by atoms with E-state index < -0.39 is 0 Å². The second-order valence-corrected chi connectivity index (χ2v) is 5.09. The molecule has 0 aromatic carbocycles. The fraction of sp³-hybridized carbons (Fsp3) is 0.750. The van der Waals surface area contributed by atoms with Crippen LogP contribution < -0.4 is 0 Å². The van der Waals surface area contributed by atoms with E-state index in [0.717, 1.165) is 18.6 Å². The molecule has 0 radical (unpaired) electrons. The number of allylic oxidation sites excluding steroid dienone is 2. The first-order valence-electron chi connectivity index (χ1n) is 5.28. The highest BCUT2D eigenvalue weighted by Crippen LogP contribution is 2.36. The molecule has 1 aliphatic carbocycles. The summed E-state index contributed by atoms with van der Waals surface area (Å²) in [5.41, 5.74) is 0.270. The van der Waals surface area contributed by atoms with Gasteiger partial charge in [0.2, 0.25) is 0 Å². The molecule has 2 nitrogen and oxygen atoms in total. The first-order valence-corrected chi connectivity index (χ1v) is 5.28. The number of carbonyl (C=O) groups excluding carboxylic acids is 1. The van der Waals surface area contributed by atoms with Crippen molar-refractivity contribution in [3.05, 3.63) is 11.8 Å². The highest BCUT2D eigenvalue weighted by molar-refractivity contribution is 5.67. The van der Waals surface area contributed by atoms with Crippen molar-refractivity contribution in [3.63, 3.8) is 0 Å². The topological polar surface area (TPSA) is 26.3 Å². The number of hydrogen-bond donors (Lipinski definition) is 0. The van der Waals surface area contributed by atoms with E-state index in [1.54, 1.807) is 0 Å². The summed E-state index contributed by atoms with van der Waals surface area (Å²) >= 11 is 0. The molecule has 80 valence electrons. The van der Waals surface area contributed by atoms with Gasteiger partial charge in [-0.3, -0.25) is 4.79 Å². The third kappa shape index (κ3) is 3.17. The molecule has 0 aliphatic heterocycles. The number of carbonyl (C=O) groups is 1. The second-order valence-electron chi connectivity index (χ2n) is 5.09. The predicted molar refractivity (Wildman–Crippen MR) is 56.6 cm³/mol. The van der Waals surface area contributed by atoms with Crippen LogP contribution >= 0.6 is 0 Å². The van der Waals surface area contributed by atoms with Gasteiger partial charge in [0, 0.05) is 13.3 Å². The Bertz CT molecular complexity index is 246. The van der Waals surface area contributed by atoms with Crippen LogP contribution in [0.25, 0.3) is 0 Å². The maximum atomic E-state index is 10.8. The van der Waals surface area contributed by atoms with Crippen LogP contribution in [-0.4, -0.2) is 5.97 Å². The fourth-order valence-electron chi connectivity index (χ4n) is 1.84. The molecule has 0 bridgehead atoms. The van der Waals surface area contributed by atoms with Gasteiger partial charge in [0.1, 0.15) is 5.76 Å². The molecule has 1 unspecified atom stereocenters. The lowest BCUT2D eigenvalue weighted by molar-refractivity contribution is -0.137. The highest BCUT2D eigenvalue weighted by atomic mass is 16.5. The van der Waals surface area contributed by atoms with E-state index in [1.807, 2.05) is 0 Å². The van der Waals surface area contributed by atoms with Gasteiger partial charge in [-0.05, 0) is 30.3 Å². The minimum Gasteiger partial charge on any atom is -0.432 e. The second kappa shape index (κ2) is 4.16. The molecule has 2 heteroatoms. The molecule has 0 saturated carbocycles. The Balaban J connectivity index is 2.69. The Kier molecular flexibility index (Phi) is 3.35. The van der Waals surface area contributed by atoms with Crippen molar-refractivity contribution in [2.75, 3.05) is 0 Å². The monoisotopic (exact) mass is 196 g/mol. The molecule has 0 amide bonds. The molecule has 0 saturated heterocycles. The van der Waals surface area contributed by atoms with Crippen LogP contribution in [0.5, 0.6) is 0 Å². The molecule has 1 aliphatic rings.